The number of esters is 2. The molecule has 3 aliphatic rings. The number of carbonyl (C=O) groups is 2. The molecule has 0 spiro atoms. The van der Waals surface area contributed by atoms with Gasteiger partial charge in [-0.25, -0.2) is 4.84 Å². The maximum atomic E-state index is 12.5. The number of carbonyl (C=O) groups excluding carboxylic acids is 2. The average Bonchev–Trinajstić information content (AvgIpc) is 3.09. The Balaban J connectivity index is 1.44. The number of benzene rings is 1. The molecule has 8 heteroatoms. The Hall–Kier alpha value is -2.00. The number of nitrogens with zero attached hydrogens (tertiary/aromatic N) is 1. The minimum Gasteiger partial charge on any atom is -0.466 e. The summed E-state index contributed by atoms with van der Waals surface area (Å²) in [7, 11) is 1.47. The van der Waals surface area contributed by atoms with Crippen LogP contribution in [0.2, 0.25) is 0 Å². The molecule has 1 saturated carbocycles. The van der Waals surface area contributed by atoms with Gasteiger partial charge in [0.15, 0.2) is 6.29 Å². The molecule has 170 valence electrons. The van der Waals surface area contributed by atoms with E-state index in [1.807, 2.05) is 6.07 Å². The highest BCUT2D eigenvalue weighted by atomic mass is 17.0. The number of hydroxylamine groups is 2. The lowest BCUT2D eigenvalue weighted by molar-refractivity contribution is -0.456. The third-order valence-corrected chi connectivity index (χ3v) is 6.38. The lowest BCUT2D eigenvalue weighted by Crippen LogP contribution is -2.53. The Morgan fingerprint density at radius 2 is 1.97 bits per heavy atom. The van der Waals surface area contributed by atoms with Crippen LogP contribution in [-0.2, 0) is 33.5 Å². The molecular formula is C23H31NO7. The predicted octanol–water partition coefficient (Wildman–Crippen LogP) is 3.12. The van der Waals surface area contributed by atoms with Crippen molar-refractivity contribution in [1.82, 2.24) is 5.23 Å². The number of hydrogen-bond acceptors (Lipinski definition) is 8. The lowest BCUT2D eigenvalue weighted by atomic mass is 9.81. The first-order chi connectivity index (χ1) is 15.1. The molecule has 31 heavy (non-hydrogen) atoms. The second kappa shape index (κ2) is 10.1. The third-order valence-electron chi connectivity index (χ3n) is 6.38. The Kier molecular flexibility index (Phi) is 7.22. The highest BCUT2D eigenvalue weighted by Gasteiger charge is 2.54. The topological polar surface area (TPSA) is 83.5 Å². The van der Waals surface area contributed by atoms with Crippen molar-refractivity contribution in [2.45, 2.75) is 75.9 Å². The van der Waals surface area contributed by atoms with Gasteiger partial charge in [0.2, 0.25) is 0 Å². The van der Waals surface area contributed by atoms with Gasteiger partial charge < -0.3 is 14.2 Å². The minimum atomic E-state index is -0.698. The molecule has 3 fully saturated rings. The Morgan fingerprint density at radius 3 is 2.71 bits per heavy atom. The summed E-state index contributed by atoms with van der Waals surface area (Å²) in [5, 5.41) is 1.27. The zero-order valence-electron chi connectivity index (χ0n) is 18.1. The van der Waals surface area contributed by atoms with Crippen LogP contribution in [0.3, 0.4) is 0 Å². The van der Waals surface area contributed by atoms with E-state index in [0.717, 1.165) is 19.3 Å². The van der Waals surface area contributed by atoms with E-state index in [2.05, 4.69) is 24.3 Å². The molecule has 6 atom stereocenters. The molecule has 0 N–H and O–H groups in total. The van der Waals surface area contributed by atoms with Crippen molar-refractivity contribution in [1.29, 1.82) is 0 Å². The maximum Gasteiger partial charge on any atom is 0.311 e. The monoisotopic (exact) mass is 433 g/mol. The fourth-order valence-corrected chi connectivity index (χ4v) is 4.98. The molecule has 1 aromatic carbocycles. The Labute approximate surface area is 182 Å². The van der Waals surface area contributed by atoms with Gasteiger partial charge in [-0.3, -0.25) is 14.4 Å². The van der Waals surface area contributed by atoms with Crippen molar-refractivity contribution in [3.05, 3.63) is 35.9 Å². The van der Waals surface area contributed by atoms with Gasteiger partial charge in [-0.1, -0.05) is 48.4 Å². The van der Waals surface area contributed by atoms with Crippen LogP contribution in [0.25, 0.3) is 0 Å². The quantitative estimate of drug-likeness (QED) is 0.607. The summed E-state index contributed by atoms with van der Waals surface area (Å²) < 4.78 is 17.0. The van der Waals surface area contributed by atoms with Gasteiger partial charge >= 0.3 is 11.9 Å². The van der Waals surface area contributed by atoms with Crippen molar-refractivity contribution in [3.63, 3.8) is 0 Å². The van der Waals surface area contributed by atoms with Crippen LogP contribution in [0.4, 0.5) is 0 Å². The van der Waals surface area contributed by atoms with Gasteiger partial charge in [-0.05, 0) is 25.3 Å². The second-order valence-electron chi connectivity index (χ2n) is 8.30. The first-order valence-electron chi connectivity index (χ1n) is 11.2. The van der Waals surface area contributed by atoms with E-state index in [9.17, 15) is 9.59 Å². The molecule has 2 aliphatic heterocycles. The number of ether oxygens (including phenoxy) is 3. The summed E-state index contributed by atoms with van der Waals surface area (Å²) in [6.45, 7) is 1.99. The van der Waals surface area contributed by atoms with Crippen LogP contribution in [0, 0.1) is 5.92 Å². The van der Waals surface area contributed by atoms with Gasteiger partial charge in [0.05, 0.1) is 32.2 Å². The van der Waals surface area contributed by atoms with Crippen molar-refractivity contribution >= 4 is 11.9 Å². The molecular weight excluding hydrogens is 402 g/mol. The molecule has 4 rings (SSSR count). The van der Waals surface area contributed by atoms with E-state index >= 15 is 0 Å². The highest BCUT2D eigenvalue weighted by molar-refractivity contribution is 5.82. The largest absolute Gasteiger partial charge is 0.466 e. The van der Waals surface area contributed by atoms with Crippen molar-refractivity contribution in [2.24, 2.45) is 5.92 Å². The van der Waals surface area contributed by atoms with Gasteiger partial charge in [0.1, 0.15) is 12.1 Å². The van der Waals surface area contributed by atoms with Gasteiger partial charge in [-0.15, -0.1) is 0 Å². The molecule has 2 saturated heterocycles. The first kappa shape index (κ1) is 22.2. The normalized spacial score (nSPS) is 33.5. The van der Waals surface area contributed by atoms with E-state index in [4.69, 9.17) is 23.9 Å². The number of fused-ring (bicyclic) bond motifs is 1. The molecule has 1 aliphatic carbocycles. The predicted molar refractivity (Wildman–Crippen MR) is 109 cm³/mol. The number of hydrogen-bond donors (Lipinski definition) is 0. The fraction of sp³-hybridized carbons (Fsp3) is 0.652. The van der Waals surface area contributed by atoms with Gasteiger partial charge in [0.25, 0.3) is 0 Å². The van der Waals surface area contributed by atoms with Crippen molar-refractivity contribution in [3.8, 4) is 0 Å². The maximum absolute atomic E-state index is 12.5. The van der Waals surface area contributed by atoms with Crippen LogP contribution in [0.1, 0.15) is 56.9 Å². The van der Waals surface area contributed by atoms with Crippen LogP contribution >= 0.6 is 0 Å². The Bertz CT molecular complexity index is 758. The zero-order chi connectivity index (χ0) is 21.8. The second-order valence-corrected chi connectivity index (χ2v) is 8.30. The van der Waals surface area contributed by atoms with Gasteiger partial charge in [-0.2, -0.15) is 0 Å². The smallest absolute Gasteiger partial charge is 0.311 e. The molecule has 0 radical (unpaired) electrons. The van der Waals surface area contributed by atoms with Crippen LogP contribution in [0.15, 0.2) is 30.3 Å². The molecule has 2 heterocycles. The van der Waals surface area contributed by atoms with Crippen LogP contribution in [-0.4, -0.2) is 55.4 Å². The number of rotatable bonds is 7. The summed E-state index contributed by atoms with van der Waals surface area (Å²) in [4.78, 5) is 35.8. The van der Waals surface area contributed by atoms with E-state index in [1.165, 1.54) is 24.3 Å². The fourth-order valence-electron chi connectivity index (χ4n) is 4.98. The third kappa shape index (κ3) is 4.92. The molecule has 0 amide bonds. The van der Waals surface area contributed by atoms with Crippen LogP contribution in [0.5, 0.6) is 0 Å². The van der Waals surface area contributed by atoms with E-state index in [-0.39, 0.29) is 19.1 Å². The Morgan fingerprint density at radius 1 is 1.19 bits per heavy atom. The molecule has 0 aromatic heterocycles. The summed E-state index contributed by atoms with van der Waals surface area (Å²) in [6.07, 6.45) is 3.58. The van der Waals surface area contributed by atoms with Crippen LogP contribution < -0.4 is 0 Å². The van der Waals surface area contributed by atoms with E-state index in [1.54, 1.807) is 6.92 Å². The minimum absolute atomic E-state index is 0.0174. The van der Waals surface area contributed by atoms with E-state index in [0.29, 0.717) is 12.3 Å². The summed E-state index contributed by atoms with van der Waals surface area (Å²) >= 11 is 0. The van der Waals surface area contributed by atoms with E-state index < -0.39 is 36.3 Å². The zero-order valence-corrected chi connectivity index (χ0v) is 18.1. The molecule has 1 aromatic rings. The standard InChI is InChI=1S/C23H31NO7/c1-3-28-20(25)13-17-22-19(30-23(17)26)14-21(31-24(22)27-2)29-18-12-8-7-11-16(18)15-9-5-4-6-10-15/h4-6,9-10,16-19,21-22H,3,7-8,11-14H2,1-2H3/t16?,17-,18?,19+,21-,22?/m0/s1. The summed E-state index contributed by atoms with van der Waals surface area (Å²) in [5.74, 6) is -1.27. The molecule has 0 bridgehead atoms. The van der Waals surface area contributed by atoms with Gasteiger partial charge in [0, 0.05) is 12.3 Å². The lowest BCUT2D eigenvalue weighted by Gasteiger charge is -2.41. The summed E-state index contributed by atoms with van der Waals surface area (Å²) in [5.41, 5.74) is 1.27. The average molecular weight is 434 g/mol. The SMILES string of the molecule is CCOC(=O)C[C@@H]1C(=O)O[C@@H]2C[C@@H](OC3CCCCC3c3ccccc3)ON(OC)C12. The molecule has 3 unspecified atom stereocenters. The first-order valence-corrected chi connectivity index (χ1v) is 11.2. The van der Waals surface area contributed by atoms with Crippen molar-refractivity contribution < 1.29 is 33.5 Å². The van der Waals surface area contributed by atoms with Crippen molar-refractivity contribution in [2.75, 3.05) is 13.7 Å². The summed E-state index contributed by atoms with van der Waals surface area (Å²) in [6, 6.07) is 9.89. The molecule has 8 nitrogen and oxygen atoms in total. The highest BCUT2D eigenvalue weighted by Crippen LogP contribution is 2.40.